The molecule has 0 saturated heterocycles. The highest BCUT2D eigenvalue weighted by molar-refractivity contribution is 5.97. The van der Waals surface area contributed by atoms with Crippen LogP contribution >= 0.6 is 0 Å². The number of rotatable bonds is 6. The Bertz CT molecular complexity index is 502. The molecule has 1 aromatic rings. The van der Waals surface area contributed by atoms with Gasteiger partial charge in [-0.15, -0.1) is 0 Å². The molecule has 1 aromatic carbocycles. The molecule has 0 aromatic heterocycles. The van der Waals surface area contributed by atoms with Gasteiger partial charge in [0.2, 0.25) is 5.91 Å². The monoisotopic (exact) mass is 292 g/mol. The zero-order valence-electron chi connectivity index (χ0n) is 12.5. The Morgan fingerprint density at radius 1 is 1.24 bits per heavy atom. The van der Waals surface area contributed by atoms with Crippen molar-refractivity contribution in [2.75, 3.05) is 20.2 Å². The minimum atomic E-state index is -0.725. The van der Waals surface area contributed by atoms with Crippen LogP contribution in [0.3, 0.4) is 0 Å². The highest BCUT2D eigenvalue weighted by Gasteiger charge is 2.21. The van der Waals surface area contributed by atoms with Gasteiger partial charge < -0.3 is 15.0 Å². The maximum absolute atomic E-state index is 12.1. The van der Waals surface area contributed by atoms with Crippen LogP contribution in [0.25, 0.3) is 0 Å². The smallest absolute Gasteiger partial charge is 0.325 e. The summed E-state index contributed by atoms with van der Waals surface area (Å²) >= 11 is 0. The molecule has 0 fully saturated rings. The maximum atomic E-state index is 12.1. The van der Waals surface area contributed by atoms with Crippen LogP contribution in [0, 0.1) is 0 Å². The van der Waals surface area contributed by atoms with Gasteiger partial charge in [0.1, 0.15) is 12.6 Å². The van der Waals surface area contributed by atoms with Crippen molar-refractivity contribution in [2.24, 2.45) is 0 Å². The lowest BCUT2D eigenvalue weighted by atomic mass is 10.2. The molecule has 0 saturated carbocycles. The van der Waals surface area contributed by atoms with Gasteiger partial charge in [-0.3, -0.25) is 14.4 Å². The second kappa shape index (κ2) is 8.04. The molecular weight excluding hydrogens is 272 g/mol. The Labute approximate surface area is 124 Å². The maximum Gasteiger partial charge on any atom is 0.325 e. The predicted molar refractivity (Wildman–Crippen MR) is 77.6 cm³/mol. The average molecular weight is 292 g/mol. The van der Waals surface area contributed by atoms with E-state index < -0.39 is 12.0 Å². The molecule has 1 atom stereocenters. The zero-order valence-corrected chi connectivity index (χ0v) is 12.5. The van der Waals surface area contributed by atoms with E-state index in [1.807, 2.05) is 0 Å². The molecule has 1 N–H and O–H groups in total. The van der Waals surface area contributed by atoms with Gasteiger partial charge in [0.05, 0.1) is 6.61 Å². The largest absolute Gasteiger partial charge is 0.465 e. The van der Waals surface area contributed by atoms with Crippen molar-refractivity contribution >= 4 is 17.8 Å². The van der Waals surface area contributed by atoms with Crippen LogP contribution in [0.2, 0.25) is 0 Å². The van der Waals surface area contributed by atoms with Crippen molar-refractivity contribution < 1.29 is 19.1 Å². The molecule has 6 heteroatoms. The van der Waals surface area contributed by atoms with Crippen LogP contribution in [-0.2, 0) is 14.3 Å². The second-order valence-electron chi connectivity index (χ2n) is 4.56. The number of benzene rings is 1. The van der Waals surface area contributed by atoms with Crippen LogP contribution in [0.1, 0.15) is 24.2 Å². The van der Waals surface area contributed by atoms with E-state index in [4.69, 9.17) is 4.74 Å². The molecule has 21 heavy (non-hydrogen) atoms. The standard InChI is InChI=1S/C15H20N2O4/c1-4-21-13(18)10-17(3)15(20)11(2)16-14(19)12-8-6-5-7-9-12/h5-9,11H,4,10H2,1-3H3,(H,16,19). The van der Waals surface area contributed by atoms with Crippen LogP contribution in [-0.4, -0.2) is 48.9 Å². The quantitative estimate of drug-likeness (QED) is 0.788. The third-order valence-electron chi connectivity index (χ3n) is 2.80. The summed E-state index contributed by atoms with van der Waals surface area (Å²) < 4.78 is 4.77. The number of esters is 1. The molecule has 0 bridgehead atoms. The van der Waals surface area contributed by atoms with E-state index in [1.165, 1.54) is 11.9 Å². The van der Waals surface area contributed by atoms with Crippen LogP contribution < -0.4 is 5.32 Å². The molecular formula is C15H20N2O4. The van der Waals surface area contributed by atoms with E-state index >= 15 is 0 Å². The molecule has 2 amide bonds. The third kappa shape index (κ3) is 5.25. The molecule has 6 nitrogen and oxygen atoms in total. The summed E-state index contributed by atoms with van der Waals surface area (Å²) in [4.78, 5) is 36.5. The Morgan fingerprint density at radius 2 is 1.86 bits per heavy atom. The number of carbonyl (C=O) groups is 3. The van der Waals surface area contributed by atoms with E-state index in [0.29, 0.717) is 5.56 Å². The Kier molecular flexibility index (Phi) is 6.39. The third-order valence-corrected chi connectivity index (χ3v) is 2.80. The molecule has 0 aliphatic rings. The first-order valence-corrected chi connectivity index (χ1v) is 6.72. The molecule has 1 rings (SSSR count). The first-order valence-electron chi connectivity index (χ1n) is 6.72. The summed E-state index contributed by atoms with van der Waals surface area (Å²) in [6, 6.07) is 7.89. The average Bonchev–Trinajstić information content (AvgIpc) is 2.47. The molecule has 0 radical (unpaired) electrons. The van der Waals surface area contributed by atoms with Crippen molar-refractivity contribution in [3.05, 3.63) is 35.9 Å². The second-order valence-corrected chi connectivity index (χ2v) is 4.56. The van der Waals surface area contributed by atoms with Gasteiger partial charge in [-0.2, -0.15) is 0 Å². The van der Waals surface area contributed by atoms with E-state index in [9.17, 15) is 14.4 Å². The normalized spacial score (nSPS) is 11.4. The highest BCUT2D eigenvalue weighted by atomic mass is 16.5. The molecule has 0 aliphatic heterocycles. The Hall–Kier alpha value is -2.37. The van der Waals surface area contributed by atoms with Gasteiger partial charge in [-0.05, 0) is 26.0 Å². The number of hydrogen-bond acceptors (Lipinski definition) is 4. The first kappa shape index (κ1) is 16.7. The zero-order chi connectivity index (χ0) is 15.8. The lowest BCUT2D eigenvalue weighted by Crippen LogP contribution is -2.47. The van der Waals surface area contributed by atoms with E-state index in [2.05, 4.69) is 5.32 Å². The van der Waals surface area contributed by atoms with Gasteiger partial charge in [0, 0.05) is 12.6 Å². The van der Waals surface area contributed by atoms with Gasteiger partial charge in [0.15, 0.2) is 0 Å². The Balaban J connectivity index is 2.54. The van der Waals surface area contributed by atoms with Crippen molar-refractivity contribution in [3.8, 4) is 0 Å². The Morgan fingerprint density at radius 3 is 2.43 bits per heavy atom. The minimum absolute atomic E-state index is 0.141. The number of nitrogens with one attached hydrogen (secondary N) is 1. The number of carbonyl (C=O) groups excluding carboxylic acids is 3. The fourth-order valence-corrected chi connectivity index (χ4v) is 1.74. The summed E-state index contributed by atoms with van der Waals surface area (Å²) in [5.41, 5.74) is 0.477. The summed E-state index contributed by atoms with van der Waals surface area (Å²) in [7, 11) is 1.49. The summed E-state index contributed by atoms with van der Waals surface area (Å²) in [6.07, 6.45) is 0. The molecule has 0 heterocycles. The highest BCUT2D eigenvalue weighted by Crippen LogP contribution is 2.00. The fraction of sp³-hybridized carbons (Fsp3) is 0.400. The van der Waals surface area contributed by atoms with Crippen LogP contribution in [0.4, 0.5) is 0 Å². The van der Waals surface area contributed by atoms with Gasteiger partial charge in [-0.25, -0.2) is 0 Å². The van der Waals surface area contributed by atoms with Crippen molar-refractivity contribution in [1.82, 2.24) is 10.2 Å². The van der Waals surface area contributed by atoms with Gasteiger partial charge >= 0.3 is 5.97 Å². The SMILES string of the molecule is CCOC(=O)CN(C)C(=O)C(C)NC(=O)c1ccccc1. The number of amides is 2. The molecule has 0 aliphatic carbocycles. The molecule has 1 unspecified atom stereocenters. The fourth-order valence-electron chi connectivity index (χ4n) is 1.74. The van der Waals surface area contributed by atoms with E-state index in [0.717, 1.165) is 0 Å². The van der Waals surface area contributed by atoms with Gasteiger partial charge in [0.25, 0.3) is 5.91 Å². The lowest BCUT2D eigenvalue weighted by molar-refractivity contribution is -0.148. The topological polar surface area (TPSA) is 75.7 Å². The van der Waals surface area contributed by atoms with E-state index in [-0.39, 0.29) is 25.0 Å². The number of nitrogens with zero attached hydrogens (tertiary/aromatic N) is 1. The van der Waals surface area contributed by atoms with Gasteiger partial charge in [-0.1, -0.05) is 18.2 Å². The van der Waals surface area contributed by atoms with Crippen molar-refractivity contribution in [2.45, 2.75) is 19.9 Å². The number of hydrogen-bond donors (Lipinski definition) is 1. The van der Waals surface area contributed by atoms with Crippen molar-refractivity contribution in [1.29, 1.82) is 0 Å². The lowest BCUT2D eigenvalue weighted by Gasteiger charge is -2.21. The van der Waals surface area contributed by atoms with E-state index in [1.54, 1.807) is 44.2 Å². The molecule has 114 valence electrons. The minimum Gasteiger partial charge on any atom is -0.465 e. The predicted octanol–water partition coefficient (Wildman–Crippen LogP) is 0.826. The summed E-state index contributed by atoms with van der Waals surface area (Å²) in [6.45, 7) is 3.40. The first-order chi connectivity index (χ1) is 9.95. The van der Waals surface area contributed by atoms with Crippen LogP contribution in [0.5, 0.6) is 0 Å². The number of ether oxygens (including phenoxy) is 1. The van der Waals surface area contributed by atoms with Crippen LogP contribution in [0.15, 0.2) is 30.3 Å². The summed E-state index contributed by atoms with van der Waals surface area (Å²) in [5, 5.41) is 2.60. The summed E-state index contributed by atoms with van der Waals surface area (Å²) in [5.74, 6) is -1.16. The van der Waals surface area contributed by atoms with Crippen molar-refractivity contribution in [3.63, 3.8) is 0 Å². The number of likely N-dealkylation sites (N-methyl/N-ethyl adjacent to an activating group) is 1. The molecule has 0 spiro atoms.